The number of thiocarbonyl (C=S) groups is 1. The van der Waals surface area contributed by atoms with E-state index in [1.54, 1.807) is 0 Å². The molecule has 0 aromatic heterocycles. The lowest BCUT2D eigenvalue weighted by Gasteiger charge is -2.31. The van der Waals surface area contributed by atoms with Crippen LogP contribution in [0, 0.1) is 0 Å². The van der Waals surface area contributed by atoms with E-state index < -0.39 is 36.7 Å². The molecule has 1 aliphatic rings. The minimum Gasteiger partial charge on any atom is -0.375 e. The summed E-state index contributed by atoms with van der Waals surface area (Å²) in [7, 11) is 0. The lowest BCUT2D eigenvalue weighted by atomic mass is 9.98. The fourth-order valence-corrected chi connectivity index (χ4v) is 1.37. The molecule has 0 spiro atoms. The van der Waals surface area contributed by atoms with E-state index in [2.05, 4.69) is 22.1 Å². The third-order valence-electron chi connectivity index (χ3n) is 2.18. The average Bonchev–Trinajstić information content (AvgIpc) is 2.57. The molecule has 104 valence electrons. The fourth-order valence-electron chi connectivity index (χ4n) is 1.33. The number of nitrogens with two attached hydrogens (primary N) is 1. The fraction of sp³-hybridized carbons (Fsp3) is 0.714. The van der Waals surface area contributed by atoms with Gasteiger partial charge in [0.2, 0.25) is 0 Å². The first-order valence-electron chi connectivity index (χ1n) is 4.38. The number of hydrazone groups is 1. The predicted molar refractivity (Wildman–Crippen MR) is 52.8 cm³/mol. The van der Waals surface area contributed by atoms with E-state index in [4.69, 9.17) is 5.73 Å². The molecular formula is C7H7F6N3OS. The molecule has 1 aliphatic heterocycles. The van der Waals surface area contributed by atoms with Crippen molar-refractivity contribution in [2.75, 3.05) is 6.61 Å². The molecule has 0 aromatic carbocycles. The molecule has 0 aromatic rings. The van der Waals surface area contributed by atoms with Crippen LogP contribution in [0.5, 0.6) is 0 Å². The highest BCUT2D eigenvalue weighted by Gasteiger charge is 2.74. The van der Waals surface area contributed by atoms with Gasteiger partial charge in [-0.25, -0.2) is 0 Å². The summed E-state index contributed by atoms with van der Waals surface area (Å²) in [6.07, 6.45) is -12.6. The summed E-state index contributed by atoms with van der Waals surface area (Å²) < 4.78 is 79.0. The lowest BCUT2D eigenvalue weighted by molar-refractivity contribution is -0.367. The number of hydrogen-bond donors (Lipinski definition) is 2. The predicted octanol–water partition coefficient (Wildman–Crippen LogP) is 1.46. The van der Waals surface area contributed by atoms with Crippen molar-refractivity contribution in [3.05, 3.63) is 0 Å². The minimum absolute atomic E-state index is 0.376. The summed E-state index contributed by atoms with van der Waals surface area (Å²) in [5.74, 6) is 0. The Balaban J connectivity index is 3.00. The van der Waals surface area contributed by atoms with Gasteiger partial charge in [0.25, 0.3) is 5.60 Å². The molecule has 4 nitrogen and oxygen atoms in total. The number of nitrogens with zero attached hydrogens (tertiary/aromatic N) is 1. The van der Waals surface area contributed by atoms with E-state index in [1.165, 1.54) is 0 Å². The van der Waals surface area contributed by atoms with Crippen molar-refractivity contribution < 1.29 is 31.1 Å². The third-order valence-corrected chi connectivity index (χ3v) is 2.27. The van der Waals surface area contributed by atoms with Gasteiger partial charge in [0.15, 0.2) is 5.11 Å². The number of halogens is 6. The van der Waals surface area contributed by atoms with Crippen molar-refractivity contribution in [3.8, 4) is 0 Å². The molecule has 1 rings (SSSR count). The Kier molecular flexibility index (Phi) is 3.77. The number of hydrogen-bond acceptors (Lipinski definition) is 3. The summed E-state index contributed by atoms with van der Waals surface area (Å²) in [6.45, 7) is -0.908. The third kappa shape index (κ3) is 2.66. The van der Waals surface area contributed by atoms with Crippen LogP contribution in [-0.4, -0.2) is 35.4 Å². The Morgan fingerprint density at radius 1 is 1.28 bits per heavy atom. The van der Waals surface area contributed by atoms with Crippen molar-refractivity contribution in [1.29, 1.82) is 0 Å². The van der Waals surface area contributed by atoms with Crippen LogP contribution in [0.3, 0.4) is 0 Å². The zero-order valence-corrected chi connectivity index (χ0v) is 9.34. The SMILES string of the molecule is NC(=S)N/N=C1\COC(C(F)(F)F)(C(F)(F)F)C1. The summed E-state index contributed by atoms with van der Waals surface area (Å²) in [5.41, 5.74) is 2.15. The summed E-state index contributed by atoms with van der Waals surface area (Å²) >= 11 is 4.31. The molecule has 0 radical (unpaired) electrons. The quantitative estimate of drug-likeness (QED) is 0.437. The van der Waals surface area contributed by atoms with E-state index in [0.29, 0.717) is 0 Å². The first kappa shape index (κ1) is 15.0. The Bertz CT molecular complexity index is 362. The first-order chi connectivity index (χ1) is 7.99. The van der Waals surface area contributed by atoms with Gasteiger partial charge in [0.1, 0.15) is 0 Å². The number of ether oxygens (including phenoxy) is 1. The second kappa shape index (κ2) is 4.53. The highest BCUT2D eigenvalue weighted by Crippen LogP contribution is 2.50. The molecule has 0 bridgehead atoms. The molecule has 11 heteroatoms. The molecule has 0 unspecified atom stereocenters. The second-order valence-electron chi connectivity index (χ2n) is 3.44. The van der Waals surface area contributed by atoms with Gasteiger partial charge in [0.05, 0.1) is 12.3 Å². The van der Waals surface area contributed by atoms with Crippen molar-refractivity contribution in [2.24, 2.45) is 10.8 Å². The molecule has 18 heavy (non-hydrogen) atoms. The summed E-state index contributed by atoms with van der Waals surface area (Å²) in [6, 6.07) is 0. The molecule has 3 N–H and O–H groups in total. The van der Waals surface area contributed by atoms with Crippen LogP contribution in [0.4, 0.5) is 26.3 Å². The molecule has 1 fully saturated rings. The maximum atomic E-state index is 12.5. The summed E-state index contributed by atoms with van der Waals surface area (Å²) in [5, 5.41) is 2.84. The van der Waals surface area contributed by atoms with E-state index in [-0.39, 0.29) is 5.11 Å². The van der Waals surface area contributed by atoms with Gasteiger partial charge in [-0.15, -0.1) is 0 Å². The largest absolute Gasteiger partial charge is 0.426 e. The first-order valence-corrected chi connectivity index (χ1v) is 4.79. The zero-order valence-electron chi connectivity index (χ0n) is 8.52. The van der Waals surface area contributed by atoms with Gasteiger partial charge in [-0.3, -0.25) is 5.43 Å². The molecule has 0 aliphatic carbocycles. The Hall–Kier alpha value is -1.10. The second-order valence-corrected chi connectivity index (χ2v) is 3.88. The van der Waals surface area contributed by atoms with Crippen LogP contribution in [0.2, 0.25) is 0 Å². The van der Waals surface area contributed by atoms with Crippen LogP contribution in [0.25, 0.3) is 0 Å². The van der Waals surface area contributed by atoms with Crippen molar-refractivity contribution in [1.82, 2.24) is 5.43 Å². The van der Waals surface area contributed by atoms with Crippen LogP contribution in [-0.2, 0) is 4.74 Å². The van der Waals surface area contributed by atoms with Crippen LogP contribution < -0.4 is 11.2 Å². The van der Waals surface area contributed by atoms with E-state index in [0.717, 1.165) is 0 Å². The number of nitrogens with one attached hydrogen (secondary N) is 1. The Labute approximate surface area is 102 Å². The lowest BCUT2D eigenvalue weighted by Crippen LogP contribution is -2.56. The van der Waals surface area contributed by atoms with Gasteiger partial charge in [0, 0.05) is 6.42 Å². The molecule has 0 amide bonds. The minimum atomic E-state index is -5.59. The van der Waals surface area contributed by atoms with Gasteiger partial charge < -0.3 is 10.5 Å². The normalized spacial score (nSPS) is 22.2. The summed E-state index contributed by atoms with van der Waals surface area (Å²) in [4.78, 5) is 0. The van der Waals surface area contributed by atoms with E-state index in [9.17, 15) is 26.3 Å². The van der Waals surface area contributed by atoms with Gasteiger partial charge in [-0.05, 0) is 12.2 Å². The molecule has 0 saturated carbocycles. The van der Waals surface area contributed by atoms with Crippen molar-refractivity contribution in [3.63, 3.8) is 0 Å². The van der Waals surface area contributed by atoms with Gasteiger partial charge in [-0.2, -0.15) is 31.4 Å². The molecular weight excluding hydrogens is 288 g/mol. The van der Waals surface area contributed by atoms with Gasteiger partial charge >= 0.3 is 12.4 Å². The topological polar surface area (TPSA) is 59.6 Å². The van der Waals surface area contributed by atoms with E-state index in [1.807, 2.05) is 5.43 Å². The number of alkyl halides is 6. The van der Waals surface area contributed by atoms with Gasteiger partial charge in [-0.1, -0.05) is 0 Å². The average molecular weight is 295 g/mol. The van der Waals surface area contributed by atoms with Crippen LogP contribution in [0.15, 0.2) is 5.10 Å². The maximum absolute atomic E-state index is 12.5. The Morgan fingerprint density at radius 2 is 1.78 bits per heavy atom. The van der Waals surface area contributed by atoms with Crippen molar-refractivity contribution in [2.45, 2.75) is 24.4 Å². The van der Waals surface area contributed by atoms with Crippen LogP contribution in [0.1, 0.15) is 6.42 Å². The molecule has 0 atom stereocenters. The van der Waals surface area contributed by atoms with Crippen LogP contribution >= 0.6 is 12.2 Å². The highest BCUT2D eigenvalue weighted by atomic mass is 32.1. The van der Waals surface area contributed by atoms with Crippen molar-refractivity contribution >= 4 is 23.0 Å². The zero-order chi connectivity index (χ0) is 14.2. The number of rotatable bonds is 1. The molecule has 1 heterocycles. The monoisotopic (exact) mass is 295 g/mol. The standard InChI is InChI=1S/C7H7F6N3OS/c8-6(9,10)5(7(11,12)13)1-3(2-17-5)15-16-4(14)18/h1-2H2,(H3,14,16,18)/b15-3-. The Morgan fingerprint density at radius 3 is 2.11 bits per heavy atom. The highest BCUT2D eigenvalue weighted by molar-refractivity contribution is 7.80. The maximum Gasteiger partial charge on any atom is 0.426 e. The smallest absolute Gasteiger partial charge is 0.375 e. The van der Waals surface area contributed by atoms with E-state index >= 15 is 0 Å². The molecule has 1 saturated heterocycles.